The van der Waals surface area contributed by atoms with Crippen molar-refractivity contribution in [1.82, 2.24) is 24.8 Å². The maximum absolute atomic E-state index is 12.9. The topological polar surface area (TPSA) is 77.6 Å². The molecular formula is C14H13FN6O. The molecule has 1 N–H and O–H groups in total. The van der Waals surface area contributed by atoms with Gasteiger partial charge in [0.05, 0.1) is 12.4 Å². The molecule has 0 atom stereocenters. The van der Waals surface area contributed by atoms with Crippen molar-refractivity contribution < 1.29 is 9.18 Å². The summed E-state index contributed by atoms with van der Waals surface area (Å²) >= 11 is 0. The minimum atomic E-state index is -0.292. The minimum absolute atomic E-state index is 0.0533. The van der Waals surface area contributed by atoms with E-state index in [9.17, 15) is 9.18 Å². The molecule has 0 radical (unpaired) electrons. The molecule has 0 saturated carbocycles. The fourth-order valence-corrected chi connectivity index (χ4v) is 1.98. The van der Waals surface area contributed by atoms with Crippen molar-refractivity contribution in [3.05, 3.63) is 48.7 Å². The molecule has 2 aromatic heterocycles. The summed E-state index contributed by atoms with van der Waals surface area (Å²) in [7, 11) is 1.71. The van der Waals surface area contributed by atoms with Crippen LogP contribution in [0.4, 0.5) is 10.2 Å². The highest BCUT2D eigenvalue weighted by molar-refractivity contribution is 5.89. The van der Waals surface area contributed by atoms with Crippen LogP contribution in [-0.2, 0) is 18.4 Å². The van der Waals surface area contributed by atoms with E-state index in [1.54, 1.807) is 37.8 Å². The Bertz CT molecular complexity index is 792. The molecule has 0 fully saturated rings. The summed E-state index contributed by atoms with van der Waals surface area (Å²) in [4.78, 5) is 11.9. The number of anilines is 1. The predicted octanol–water partition coefficient (Wildman–Crippen LogP) is 1.46. The third kappa shape index (κ3) is 3.17. The van der Waals surface area contributed by atoms with Gasteiger partial charge in [-0.25, -0.2) is 4.39 Å². The third-order valence-electron chi connectivity index (χ3n) is 2.99. The molecule has 0 unspecified atom stereocenters. The number of rotatable bonds is 4. The summed E-state index contributed by atoms with van der Waals surface area (Å²) in [5.41, 5.74) is 1.65. The summed E-state index contributed by atoms with van der Waals surface area (Å²) in [6.07, 6.45) is 4.96. The Kier molecular flexibility index (Phi) is 3.65. The van der Waals surface area contributed by atoms with Crippen molar-refractivity contribution in [3.8, 4) is 11.1 Å². The summed E-state index contributed by atoms with van der Waals surface area (Å²) in [6.45, 7) is 0.0533. The van der Waals surface area contributed by atoms with Crippen LogP contribution >= 0.6 is 0 Å². The molecule has 3 rings (SSSR count). The first-order chi connectivity index (χ1) is 10.6. The molecule has 0 aliphatic rings. The number of nitrogens with one attached hydrogen (secondary N) is 1. The van der Waals surface area contributed by atoms with Crippen LogP contribution in [0.3, 0.4) is 0 Å². The Morgan fingerprint density at radius 2 is 2.00 bits per heavy atom. The third-order valence-corrected chi connectivity index (χ3v) is 2.99. The molecular weight excluding hydrogens is 287 g/mol. The zero-order chi connectivity index (χ0) is 15.5. The van der Waals surface area contributed by atoms with Crippen LogP contribution in [0.15, 0.2) is 42.9 Å². The Labute approximate surface area is 125 Å². The van der Waals surface area contributed by atoms with Crippen LogP contribution in [0.2, 0.25) is 0 Å². The lowest BCUT2D eigenvalue weighted by molar-refractivity contribution is -0.116. The zero-order valence-corrected chi connectivity index (χ0v) is 11.8. The van der Waals surface area contributed by atoms with Gasteiger partial charge in [-0.2, -0.15) is 5.10 Å². The number of benzene rings is 1. The van der Waals surface area contributed by atoms with Gasteiger partial charge in [-0.15, -0.1) is 5.10 Å². The monoisotopic (exact) mass is 300 g/mol. The highest BCUT2D eigenvalue weighted by Crippen LogP contribution is 2.18. The number of aryl methyl sites for hydroxylation is 1. The van der Waals surface area contributed by atoms with Crippen molar-refractivity contribution in [3.63, 3.8) is 0 Å². The van der Waals surface area contributed by atoms with E-state index in [0.717, 1.165) is 11.1 Å². The van der Waals surface area contributed by atoms with Crippen LogP contribution in [0, 0.1) is 5.82 Å². The highest BCUT2D eigenvalue weighted by atomic mass is 19.1. The molecule has 7 nitrogen and oxygen atoms in total. The lowest BCUT2D eigenvalue weighted by Gasteiger charge is -2.01. The minimum Gasteiger partial charge on any atom is -0.306 e. The summed E-state index contributed by atoms with van der Waals surface area (Å²) < 4.78 is 15.9. The molecule has 112 valence electrons. The Hall–Kier alpha value is -3.03. The normalized spacial score (nSPS) is 10.6. The molecule has 0 bridgehead atoms. The van der Waals surface area contributed by atoms with Crippen LogP contribution < -0.4 is 5.32 Å². The Morgan fingerprint density at radius 3 is 2.68 bits per heavy atom. The van der Waals surface area contributed by atoms with Gasteiger partial charge >= 0.3 is 0 Å². The lowest BCUT2D eigenvalue weighted by Crippen LogP contribution is -2.19. The van der Waals surface area contributed by atoms with Gasteiger partial charge in [0.25, 0.3) is 0 Å². The number of hydrogen-bond donors (Lipinski definition) is 1. The van der Waals surface area contributed by atoms with E-state index in [4.69, 9.17) is 0 Å². The first-order valence-electron chi connectivity index (χ1n) is 6.55. The van der Waals surface area contributed by atoms with Crippen molar-refractivity contribution in [2.75, 3.05) is 5.32 Å². The second-order valence-electron chi connectivity index (χ2n) is 4.76. The van der Waals surface area contributed by atoms with E-state index >= 15 is 0 Å². The molecule has 1 aromatic carbocycles. The number of aromatic nitrogens is 5. The molecule has 0 spiro atoms. The van der Waals surface area contributed by atoms with Crippen molar-refractivity contribution in [2.45, 2.75) is 6.54 Å². The van der Waals surface area contributed by atoms with E-state index in [-0.39, 0.29) is 18.3 Å². The second-order valence-corrected chi connectivity index (χ2v) is 4.76. The van der Waals surface area contributed by atoms with Crippen LogP contribution in [0.1, 0.15) is 0 Å². The molecule has 22 heavy (non-hydrogen) atoms. The van der Waals surface area contributed by atoms with Crippen LogP contribution in [0.5, 0.6) is 0 Å². The Balaban J connectivity index is 1.66. The summed E-state index contributed by atoms with van der Waals surface area (Å²) in [5.74, 6) is -0.160. The predicted molar refractivity (Wildman–Crippen MR) is 77.3 cm³/mol. The van der Waals surface area contributed by atoms with Gasteiger partial charge in [-0.3, -0.25) is 14.2 Å². The van der Waals surface area contributed by atoms with E-state index in [0.29, 0.717) is 5.82 Å². The van der Waals surface area contributed by atoms with Gasteiger partial charge in [0.1, 0.15) is 12.4 Å². The van der Waals surface area contributed by atoms with Gasteiger partial charge in [0.15, 0.2) is 5.82 Å². The van der Waals surface area contributed by atoms with Gasteiger partial charge < -0.3 is 5.32 Å². The number of carbonyl (C=O) groups excluding carboxylic acids is 1. The lowest BCUT2D eigenvalue weighted by atomic mass is 10.1. The first-order valence-corrected chi connectivity index (χ1v) is 6.55. The average molecular weight is 300 g/mol. The maximum Gasteiger partial charge on any atom is 0.247 e. The number of halogens is 1. The molecule has 0 aliphatic heterocycles. The highest BCUT2D eigenvalue weighted by Gasteiger charge is 2.08. The van der Waals surface area contributed by atoms with Gasteiger partial charge in [0.2, 0.25) is 5.91 Å². The van der Waals surface area contributed by atoms with Gasteiger partial charge in [-0.1, -0.05) is 17.3 Å². The SMILES string of the molecule is Cn1cc(NC(=O)Cn2cc(-c3ccc(F)cc3)cn2)nn1. The molecule has 2 heterocycles. The fourth-order valence-electron chi connectivity index (χ4n) is 1.98. The molecule has 0 saturated heterocycles. The van der Waals surface area contributed by atoms with E-state index in [1.807, 2.05) is 0 Å². The van der Waals surface area contributed by atoms with Crippen molar-refractivity contribution in [1.29, 1.82) is 0 Å². The van der Waals surface area contributed by atoms with E-state index < -0.39 is 0 Å². The standard InChI is InChI=1S/C14H13FN6O/c1-20-8-13(18-19-20)17-14(22)9-21-7-11(6-16-21)10-2-4-12(15)5-3-10/h2-8H,9H2,1H3,(H,17,22). The largest absolute Gasteiger partial charge is 0.306 e. The van der Waals surface area contributed by atoms with Crippen molar-refractivity contribution in [2.24, 2.45) is 7.05 Å². The quantitative estimate of drug-likeness (QED) is 0.791. The molecule has 1 amide bonds. The van der Waals surface area contributed by atoms with Crippen molar-refractivity contribution >= 4 is 11.7 Å². The number of nitrogens with zero attached hydrogens (tertiary/aromatic N) is 5. The van der Waals surface area contributed by atoms with E-state index in [2.05, 4.69) is 20.7 Å². The molecule has 3 aromatic rings. The Morgan fingerprint density at radius 1 is 1.23 bits per heavy atom. The number of amides is 1. The van der Waals surface area contributed by atoms with Gasteiger partial charge in [-0.05, 0) is 17.7 Å². The summed E-state index contributed by atoms with van der Waals surface area (Å²) in [5, 5.41) is 14.2. The van der Waals surface area contributed by atoms with Crippen LogP contribution in [0.25, 0.3) is 11.1 Å². The maximum atomic E-state index is 12.9. The molecule has 8 heteroatoms. The second kappa shape index (κ2) is 5.76. The number of carbonyl (C=O) groups is 1. The number of hydrogen-bond acceptors (Lipinski definition) is 4. The fraction of sp³-hybridized carbons (Fsp3) is 0.143. The smallest absolute Gasteiger partial charge is 0.247 e. The van der Waals surface area contributed by atoms with E-state index in [1.165, 1.54) is 21.5 Å². The first kappa shape index (κ1) is 13.9. The van der Waals surface area contributed by atoms with Gasteiger partial charge in [0, 0.05) is 18.8 Å². The average Bonchev–Trinajstić information content (AvgIpc) is 3.09. The van der Waals surface area contributed by atoms with Crippen LogP contribution in [-0.4, -0.2) is 30.7 Å². The summed E-state index contributed by atoms with van der Waals surface area (Å²) in [6, 6.07) is 6.09. The molecule has 0 aliphatic carbocycles. The zero-order valence-electron chi connectivity index (χ0n) is 11.8.